The van der Waals surface area contributed by atoms with Crippen molar-refractivity contribution in [2.75, 3.05) is 0 Å². The Morgan fingerprint density at radius 3 is 3.12 bits per heavy atom. The van der Waals surface area contributed by atoms with Crippen molar-refractivity contribution in [3.63, 3.8) is 0 Å². The van der Waals surface area contributed by atoms with Crippen molar-refractivity contribution in [2.24, 2.45) is 0 Å². The fraction of sp³-hybridized carbons (Fsp3) is 0.357. The van der Waals surface area contributed by atoms with Crippen LogP contribution >= 0.6 is 0 Å². The van der Waals surface area contributed by atoms with Gasteiger partial charge in [-0.15, -0.1) is 0 Å². The molecular formula is C14H16N2O. The van der Waals surface area contributed by atoms with E-state index in [0.717, 1.165) is 30.9 Å². The smallest absolute Gasteiger partial charge is 0.138 e. The van der Waals surface area contributed by atoms with E-state index in [2.05, 4.69) is 40.7 Å². The second-order valence-electron chi connectivity index (χ2n) is 4.68. The van der Waals surface area contributed by atoms with Crippen LogP contribution in [0.5, 0.6) is 0 Å². The molecule has 1 unspecified atom stereocenters. The average Bonchev–Trinajstić information content (AvgIpc) is 2.74. The Morgan fingerprint density at radius 2 is 2.29 bits per heavy atom. The van der Waals surface area contributed by atoms with Crippen LogP contribution in [0.15, 0.2) is 30.5 Å². The van der Waals surface area contributed by atoms with Gasteiger partial charge in [0.15, 0.2) is 0 Å². The van der Waals surface area contributed by atoms with Crippen molar-refractivity contribution in [2.45, 2.75) is 32.4 Å². The number of aryl methyl sites for hydroxylation is 1. The summed E-state index contributed by atoms with van der Waals surface area (Å²) in [5.74, 6) is 0.813. The maximum atomic E-state index is 9.89. The van der Waals surface area contributed by atoms with Crippen molar-refractivity contribution in [3.05, 3.63) is 41.9 Å². The highest BCUT2D eigenvalue weighted by molar-refractivity contribution is 5.60. The number of hydrogen-bond donors (Lipinski definition) is 1. The zero-order valence-corrected chi connectivity index (χ0v) is 9.93. The van der Waals surface area contributed by atoms with E-state index in [1.807, 2.05) is 6.20 Å². The first kappa shape index (κ1) is 10.5. The minimum Gasteiger partial charge on any atom is -0.385 e. The summed E-state index contributed by atoms with van der Waals surface area (Å²) in [6.07, 6.45) is 3.31. The van der Waals surface area contributed by atoms with Crippen molar-refractivity contribution in [1.29, 1.82) is 0 Å². The maximum Gasteiger partial charge on any atom is 0.138 e. The molecule has 3 nitrogen and oxygen atoms in total. The number of imidazole rings is 1. The first-order valence-corrected chi connectivity index (χ1v) is 6.06. The van der Waals surface area contributed by atoms with Crippen molar-refractivity contribution in [1.82, 2.24) is 9.55 Å². The number of aliphatic hydroxyl groups is 1. The number of aliphatic hydroxyl groups excluding tert-OH is 1. The van der Waals surface area contributed by atoms with Crippen LogP contribution in [-0.4, -0.2) is 14.7 Å². The molecule has 0 saturated heterocycles. The second-order valence-corrected chi connectivity index (χ2v) is 4.68. The minimum absolute atomic E-state index is 0.401. The van der Waals surface area contributed by atoms with Gasteiger partial charge in [0.1, 0.15) is 11.9 Å². The standard InChI is InChI=1S/C14H16N2O/c1-10-4-2-5-11(8-10)12-9-15-14-13(17)6-3-7-16(12)14/h2,4-5,8-9,13,17H,3,6-7H2,1H3. The lowest BCUT2D eigenvalue weighted by molar-refractivity contribution is 0.134. The van der Waals surface area contributed by atoms with Gasteiger partial charge in [-0.1, -0.05) is 23.8 Å². The van der Waals surface area contributed by atoms with E-state index in [-0.39, 0.29) is 0 Å². The van der Waals surface area contributed by atoms with Gasteiger partial charge in [0.2, 0.25) is 0 Å². The molecule has 2 heterocycles. The molecule has 1 aromatic heterocycles. The fourth-order valence-electron chi connectivity index (χ4n) is 2.50. The minimum atomic E-state index is -0.401. The Bertz CT molecular complexity index is 545. The molecule has 0 bridgehead atoms. The highest BCUT2D eigenvalue weighted by Gasteiger charge is 2.22. The lowest BCUT2D eigenvalue weighted by atomic mass is 10.1. The molecule has 17 heavy (non-hydrogen) atoms. The largest absolute Gasteiger partial charge is 0.385 e. The zero-order valence-electron chi connectivity index (χ0n) is 9.93. The van der Waals surface area contributed by atoms with Gasteiger partial charge in [-0.25, -0.2) is 4.98 Å². The third kappa shape index (κ3) is 1.76. The van der Waals surface area contributed by atoms with E-state index in [9.17, 15) is 5.11 Å². The van der Waals surface area contributed by atoms with E-state index >= 15 is 0 Å². The second kappa shape index (κ2) is 4.00. The molecule has 1 aliphatic heterocycles. The van der Waals surface area contributed by atoms with Crippen molar-refractivity contribution >= 4 is 0 Å². The summed E-state index contributed by atoms with van der Waals surface area (Å²) in [6.45, 7) is 3.04. The SMILES string of the molecule is Cc1cccc(-c2cnc3n2CCCC3O)c1. The van der Waals surface area contributed by atoms with Crippen LogP contribution in [0.1, 0.15) is 30.3 Å². The van der Waals surface area contributed by atoms with Crippen LogP contribution in [-0.2, 0) is 6.54 Å². The van der Waals surface area contributed by atoms with Gasteiger partial charge < -0.3 is 9.67 Å². The maximum absolute atomic E-state index is 9.89. The molecule has 3 heteroatoms. The Kier molecular flexibility index (Phi) is 2.48. The molecule has 0 fully saturated rings. The fourth-order valence-corrected chi connectivity index (χ4v) is 2.50. The summed E-state index contributed by atoms with van der Waals surface area (Å²) >= 11 is 0. The molecule has 2 aromatic rings. The van der Waals surface area contributed by atoms with Gasteiger partial charge in [-0.05, 0) is 25.8 Å². The molecule has 0 aliphatic carbocycles. The highest BCUT2D eigenvalue weighted by atomic mass is 16.3. The number of benzene rings is 1. The van der Waals surface area contributed by atoms with Crippen LogP contribution in [0.2, 0.25) is 0 Å². The summed E-state index contributed by atoms with van der Waals surface area (Å²) in [7, 11) is 0. The Morgan fingerprint density at radius 1 is 1.41 bits per heavy atom. The number of hydrogen-bond acceptors (Lipinski definition) is 2. The molecule has 1 N–H and O–H groups in total. The van der Waals surface area contributed by atoms with E-state index in [1.165, 1.54) is 11.1 Å². The van der Waals surface area contributed by atoms with Crippen LogP contribution < -0.4 is 0 Å². The molecule has 3 rings (SSSR count). The molecule has 1 aromatic carbocycles. The molecule has 88 valence electrons. The average molecular weight is 228 g/mol. The molecule has 0 amide bonds. The third-order valence-corrected chi connectivity index (χ3v) is 3.36. The lowest BCUT2D eigenvalue weighted by Gasteiger charge is -2.21. The first-order chi connectivity index (χ1) is 8.25. The van der Waals surface area contributed by atoms with Crippen LogP contribution in [0.3, 0.4) is 0 Å². The number of aromatic nitrogens is 2. The van der Waals surface area contributed by atoms with Crippen LogP contribution in [0, 0.1) is 6.92 Å². The predicted molar refractivity (Wildman–Crippen MR) is 66.6 cm³/mol. The highest BCUT2D eigenvalue weighted by Crippen LogP contribution is 2.30. The van der Waals surface area contributed by atoms with Crippen LogP contribution in [0.25, 0.3) is 11.3 Å². The quantitative estimate of drug-likeness (QED) is 0.815. The molecule has 1 atom stereocenters. The van der Waals surface area contributed by atoms with E-state index in [0.29, 0.717) is 0 Å². The molecule has 0 saturated carbocycles. The van der Waals surface area contributed by atoms with Gasteiger partial charge in [0, 0.05) is 12.1 Å². The zero-order chi connectivity index (χ0) is 11.8. The van der Waals surface area contributed by atoms with Gasteiger partial charge in [-0.3, -0.25) is 0 Å². The van der Waals surface area contributed by atoms with E-state index in [1.54, 1.807) is 0 Å². The molecule has 0 radical (unpaired) electrons. The predicted octanol–water partition coefficient (Wildman–Crippen LogP) is 2.69. The summed E-state index contributed by atoms with van der Waals surface area (Å²) < 4.78 is 2.14. The van der Waals surface area contributed by atoms with Gasteiger partial charge in [0.05, 0.1) is 11.9 Å². The van der Waals surface area contributed by atoms with Crippen LogP contribution in [0.4, 0.5) is 0 Å². The normalized spacial score (nSPS) is 19.1. The summed E-state index contributed by atoms with van der Waals surface area (Å²) in [5.41, 5.74) is 3.54. The molecule has 1 aliphatic rings. The van der Waals surface area contributed by atoms with Gasteiger partial charge in [0.25, 0.3) is 0 Å². The molecule has 0 spiro atoms. The Hall–Kier alpha value is -1.61. The summed E-state index contributed by atoms with van der Waals surface area (Å²) in [4.78, 5) is 4.36. The van der Waals surface area contributed by atoms with Gasteiger partial charge >= 0.3 is 0 Å². The van der Waals surface area contributed by atoms with Crippen molar-refractivity contribution < 1.29 is 5.11 Å². The van der Waals surface area contributed by atoms with Gasteiger partial charge in [-0.2, -0.15) is 0 Å². The Balaban J connectivity index is 2.10. The summed E-state index contributed by atoms with van der Waals surface area (Å²) in [6, 6.07) is 8.40. The molecular weight excluding hydrogens is 212 g/mol. The lowest BCUT2D eigenvalue weighted by Crippen LogP contribution is -2.16. The first-order valence-electron chi connectivity index (χ1n) is 6.06. The number of fused-ring (bicyclic) bond motifs is 1. The topological polar surface area (TPSA) is 38.0 Å². The van der Waals surface area contributed by atoms with E-state index in [4.69, 9.17) is 0 Å². The number of nitrogens with zero attached hydrogens (tertiary/aromatic N) is 2. The monoisotopic (exact) mass is 228 g/mol. The summed E-state index contributed by atoms with van der Waals surface area (Å²) in [5, 5.41) is 9.89. The van der Waals surface area contributed by atoms with Crippen molar-refractivity contribution in [3.8, 4) is 11.3 Å². The van der Waals surface area contributed by atoms with E-state index < -0.39 is 6.10 Å². The third-order valence-electron chi connectivity index (χ3n) is 3.36. The number of rotatable bonds is 1. The Labute approximate surface area is 101 Å².